The third kappa shape index (κ3) is 2.10. The number of halogens is 1. The van der Waals surface area contributed by atoms with Crippen LogP contribution < -0.4 is 0 Å². The summed E-state index contributed by atoms with van der Waals surface area (Å²) in [4.78, 5) is 0. The van der Waals surface area contributed by atoms with Crippen molar-refractivity contribution in [3.05, 3.63) is 58.2 Å². The zero-order valence-electron chi connectivity index (χ0n) is 7.78. The highest BCUT2D eigenvalue weighted by Gasteiger charge is 1.94. The molecule has 0 bridgehead atoms. The summed E-state index contributed by atoms with van der Waals surface area (Å²) >= 11 is -0.0235. The average Bonchev–Trinajstić information content (AvgIpc) is 2.30. The van der Waals surface area contributed by atoms with Crippen LogP contribution in [0.15, 0.2) is 54.6 Å². The molecule has 0 aliphatic heterocycles. The van der Waals surface area contributed by atoms with Crippen molar-refractivity contribution in [2.45, 2.75) is 0 Å². The number of benzene rings is 2. The van der Waals surface area contributed by atoms with Gasteiger partial charge in [0, 0.05) is 3.57 Å². The molecule has 2 aromatic rings. The first-order chi connectivity index (χ1) is 6.90. The molecule has 0 aliphatic carbocycles. The van der Waals surface area contributed by atoms with Gasteiger partial charge in [0.05, 0.1) is 0 Å². The summed E-state index contributed by atoms with van der Waals surface area (Å²) in [6, 6.07) is 19.2. The number of hydrogen-bond acceptors (Lipinski definition) is 0. The van der Waals surface area contributed by atoms with Crippen molar-refractivity contribution in [2.75, 3.05) is 0 Å². The molecule has 0 aliphatic rings. The molecular formula is C13H11I. The van der Waals surface area contributed by atoms with Gasteiger partial charge >= 0.3 is 0 Å². The summed E-state index contributed by atoms with van der Waals surface area (Å²) in [5, 5.41) is 0. The maximum Gasteiger partial charge on any atom is 0.00721 e. The van der Waals surface area contributed by atoms with E-state index in [1.165, 1.54) is 14.7 Å². The van der Waals surface area contributed by atoms with Crippen molar-refractivity contribution in [2.24, 2.45) is 0 Å². The minimum Gasteiger partial charge on any atom is -0.0937 e. The van der Waals surface area contributed by atoms with E-state index in [-0.39, 0.29) is 20.7 Å². The van der Waals surface area contributed by atoms with Crippen molar-refractivity contribution in [3.8, 4) is 11.1 Å². The van der Waals surface area contributed by atoms with Gasteiger partial charge in [-0.15, -0.1) is 0 Å². The van der Waals surface area contributed by atoms with E-state index in [4.69, 9.17) is 0 Å². The Hall–Kier alpha value is -0.960. The maximum atomic E-state index is 3.97. The Morgan fingerprint density at radius 2 is 1.29 bits per heavy atom. The molecule has 0 spiro atoms. The Balaban J connectivity index is 2.39. The average molecular weight is 294 g/mol. The molecule has 0 N–H and O–H groups in total. The zero-order chi connectivity index (χ0) is 9.80. The second-order valence-corrected chi connectivity index (χ2v) is 5.01. The summed E-state index contributed by atoms with van der Waals surface area (Å²) < 4.78 is 5.36. The molecule has 2 aromatic carbocycles. The molecular weight excluding hydrogens is 283 g/mol. The second-order valence-electron chi connectivity index (χ2n) is 3.01. The standard InChI is InChI=1S/C13H11I/c1-14-13-9-7-12(8-10-13)11-5-3-2-4-6-11/h2-10H,1H2. The van der Waals surface area contributed by atoms with E-state index in [1.54, 1.807) is 0 Å². The van der Waals surface area contributed by atoms with E-state index in [2.05, 4.69) is 53.0 Å². The Morgan fingerprint density at radius 1 is 0.714 bits per heavy atom. The second kappa shape index (κ2) is 4.51. The number of hydrogen-bond donors (Lipinski definition) is 0. The van der Waals surface area contributed by atoms with Crippen LogP contribution in [0.25, 0.3) is 11.1 Å². The predicted octanol–water partition coefficient (Wildman–Crippen LogP) is 3.93. The fourth-order valence-corrected chi connectivity index (χ4v) is 2.23. The molecule has 0 aromatic heterocycles. The van der Waals surface area contributed by atoms with Crippen molar-refractivity contribution in [1.82, 2.24) is 0 Å². The molecule has 1 heteroatoms. The molecule has 0 radical (unpaired) electrons. The first-order valence-electron chi connectivity index (χ1n) is 4.44. The predicted molar refractivity (Wildman–Crippen MR) is 71.7 cm³/mol. The Morgan fingerprint density at radius 3 is 1.86 bits per heavy atom. The third-order valence-corrected chi connectivity index (χ3v) is 3.71. The Bertz CT molecular complexity index is 415. The first kappa shape index (κ1) is 9.59. The van der Waals surface area contributed by atoms with Gasteiger partial charge in [-0.1, -0.05) is 67.7 Å². The summed E-state index contributed by atoms with van der Waals surface area (Å²) in [6.07, 6.45) is 0. The van der Waals surface area contributed by atoms with Gasteiger partial charge in [-0.3, -0.25) is 0 Å². The van der Waals surface area contributed by atoms with Gasteiger partial charge in [-0.25, -0.2) is 0 Å². The SMILES string of the molecule is C=Ic1ccc(-c2ccccc2)cc1. The highest BCUT2D eigenvalue weighted by atomic mass is 127. The summed E-state index contributed by atoms with van der Waals surface area (Å²) in [7, 11) is 0. The molecule has 70 valence electrons. The normalized spacial score (nSPS) is 10.0. The van der Waals surface area contributed by atoms with Gasteiger partial charge in [0.1, 0.15) is 0 Å². The lowest BCUT2D eigenvalue weighted by molar-refractivity contribution is 1.59. The minimum atomic E-state index is -0.0235. The van der Waals surface area contributed by atoms with Crippen LogP contribution in [0.3, 0.4) is 0 Å². The zero-order valence-corrected chi connectivity index (χ0v) is 9.94. The fraction of sp³-hybridized carbons (Fsp3) is 0. The van der Waals surface area contributed by atoms with Crippen LogP contribution in [-0.4, -0.2) is 4.51 Å². The largest absolute Gasteiger partial charge is 0.0937 e. The van der Waals surface area contributed by atoms with Crippen molar-refractivity contribution < 1.29 is 0 Å². The van der Waals surface area contributed by atoms with E-state index < -0.39 is 0 Å². The number of rotatable bonds is 2. The molecule has 0 amide bonds. The van der Waals surface area contributed by atoms with Gasteiger partial charge in [-0.2, -0.15) is 0 Å². The van der Waals surface area contributed by atoms with Crippen LogP contribution in [-0.2, 0) is 0 Å². The molecule has 0 saturated heterocycles. The summed E-state index contributed by atoms with van der Waals surface area (Å²) in [5.41, 5.74) is 2.56. The molecule has 0 unspecified atom stereocenters. The van der Waals surface area contributed by atoms with Crippen LogP contribution >= 0.6 is 20.7 Å². The van der Waals surface area contributed by atoms with Crippen LogP contribution in [0.5, 0.6) is 0 Å². The molecule has 0 saturated carbocycles. The van der Waals surface area contributed by atoms with Crippen LogP contribution in [0.2, 0.25) is 0 Å². The van der Waals surface area contributed by atoms with E-state index in [0.717, 1.165) is 0 Å². The Labute approximate surface area is 94.3 Å². The maximum absolute atomic E-state index is 3.97. The summed E-state index contributed by atoms with van der Waals surface area (Å²) in [5.74, 6) is 0. The van der Waals surface area contributed by atoms with E-state index in [9.17, 15) is 0 Å². The molecule has 0 nitrogen and oxygen atoms in total. The molecule has 14 heavy (non-hydrogen) atoms. The topological polar surface area (TPSA) is 0 Å². The van der Waals surface area contributed by atoms with Crippen molar-refractivity contribution >= 4 is 25.2 Å². The smallest absolute Gasteiger partial charge is 0.00721 e. The third-order valence-electron chi connectivity index (χ3n) is 2.11. The lowest BCUT2D eigenvalue weighted by Gasteiger charge is -2.00. The van der Waals surface area contributed by atoms with Gasteiger partial charge in [0.2, 0.25) is 0 Å². The van der Waals surface area contributed by atoms with Gasteiger partial charge in [0.15, 0.2) is 0 Å². The van der Waals surface area contributed by atoms with Crippen molar-refractivity contribution in [1.29, 1.82) is 0 Å². The highest BCUT2D eigenvalue weighted by molar-refractivity contribution is 14.2. The monoisotopic (exact) mass is 294 g/mol. The lowest BCUT2D eigenvalue weighted by Crippen LogP contribution is -1.77. The van der Waals surface area contributed by atoms with E-state index >= 15 is 0 Å². The molecule has 0 fully saturated rings. The minimum absolute atomic E-state index is 0.0235. The van der Waals surface area contributed by atoms with Gasteiger partial charge in [-0.05, 0) is 23.3 Å². The van der Waals surface area contributed by atoms with Gasteiger partial charge in [0.25, 0.3) is 0 Å². The van der Waals surface area contributed by atoms with E-state index in [0.29, 0.717) is 0 Å². The Kier molecular flexibility index (Phi) is 3.09. The first-order valence-corrected chi connectivity index (χ1v) is 7.04. The van der Waals surface area contributed by atoms with Crippen molar-refractivity contribution in [3.63, 3.8) is 0 Å². The molecule has 2 rings (SSSR count). The van der Waals surface area contributed by atoms with E-state index in [1.807, 2.05) is 6.07 Å². The molecule has 0 heterocycles. The highest BCUT2D eigenvalue weighted by Crippen LogP contribution is 2.20. The van der Waals surface area contributed by atoms with Gasteiger partial charge < -0.3 is 0 Å². The van der Waals surface area contributed by atoms with Crippen LogP contribution in [0.4, 0.5) is 0 Å². The molecule has 0 atom stereocenters. The van der Waals surface area contributed by atoms with Crippen LogP contribution in [0, 0.1) is 3.57 Å². The fourth-order valence-electron chi connectivity index (χ4n) is 1.36. The lowest BCUT2D eigenvalue weighted by atomic mass is 10.1. The van der Waals surface area contributed by atoms with Crippen LogP contribution in [0.1, 0.15) is 0 Å². The quantitative estimate of drug-likeness (QED) is 0.736. The summed E-state index contributed by atoms with van der Waals surface area (Å²) in [6.45, 7) is 0.